The first kappa shape index (κ1) is 23.4. The van der Waals surface area contributed by atoms with Gasteiger partial charge < -0.3 is 15.1 Å². The lowest BCUT2D eigenvalue weighted by atomic mass is 10.2. The summed E-state index contributed by atoms with van der Waals surface area (Å²) >= 11 is 0. The third-order valence-corrected chi connectivity index (χ3v) is 4.86. The number of guanidine groups is 1. The van der Waals surface area contributed by atoms with Gasteiger partial charge in [0.25, 0.3) is 0 Å². The Morgan fingerprint density at radius 3 is 2.56 bits per heavy atom. The lowest BCUT2D eigenvalue weighted by Crippen LogP contribution is -2.39. The largest absolute Gasteiger partial charge is 0.469 e. The monoisotopic (exact) mass is 506 g/mol. The summed E-state index contributed by atoms with van der Waals surface area (Å²) in [6.45, 7) is 3.78. The molecular weight excluding hydrogens is 479 g/mol. The molecule has 1 aromatic carbocycles. The summed E-state index contributed by atoms with van der Waals surface area (Å²) in [7, 11) is -3.37. The van der Waals surface area contributed by atoms with Crippen LogP contribution in [0.1, 0.15) is 18.2 Å². The molecular formula is C18H27IN4O3S. The predicted molar refractivity (Wildman–Crippen MR) is 119 cm³/mol. The van der Waals surface area contributed by atoms with Crippen molar-refractivity contribution in [3.63, 3.8) is 0 Å². The quantitative estimate of drug-likeness (QED) is 0.261. The molecule has 1 aromatic heterocycles. The molecule has 7 nitrogen and oxygen atoms in total. The molecule has 0 radical (unpaired) electrons. The lowest BCUT2D eigenvalue weighted by Gasteiger charge is -2.11. The zero-order valence-electron chi connectivity index (χ0n) is 15.3. The molecule has 9 heteroatoms. The molecule has 0 saturated carbocycles. The number of hydrogen-bond donors (Lipinski definition) is 3. The number of benzene rings is 1. The fourth-order valence-electron chi connectivity index (χ4n) is 2.24. The fraction of sp³-hybridized carbons (Fsp3) is 0.389. The van der Waals surface area contributed by atoms with Gasteiger partial charge in [-0.2, -0.15) is 0 Å². The van der Waals surface area contributed by atoms with E-state index < -0.39 is 10.0 Å². The summed E-state index contributed by atoms with van der Waals surface area (Å²) in [4.78, 5) is 4.32. The van der Waals surface area contributed by atoms with Gasteiger partial charge >= 0.3 is 0 Å². The van der Waals surface area contributed by atoms with E-state index in [1.807, 2.05) is 49.4 Å². The molecule has 0 atom stereocenters. The van der Waals surface area contributed by atoms with Crippen molar-refractivity contribution in [3.05, 3.63) is 60.1 Å². The maximum absolute atomic E-state index is 12.1. The van der Waals surface area contributed by atoms with Gasteiger partial charge in [0.05, 0.1) is 18.6 Å². The van der Waals surface area contributed by atoms with E-state index in [0.29, 0.717) is 19.0 Å². The number of aliphatic imine (C=N–C) groups is 1. The first-order valence-corrected chi connectivity index (χ1v) is 10.3. The Hall–Kier alpha value is -1.59. The lowest BCUT2D eigenvalue weighted by molar-refractivity contribution is 0.507. The SMILES string of the molecule is CCNC(=NCCS(=O)(=O)NCc1ccccc1)NCCc1ccco1.I. The summed E-state index contributed by atoms with van der Waals surface area (Å²) in [6.07, 6.45) is 2.37. The Morgan fingerprint density at radius 2 is 1.89 bits per heavy atom. The van der Waals surface area contributed by atoms with Crippen molar-refractivity contribution in [2.75, 3.05) is 25.4 Å². The predicted octanol–water partition coefficient (Wildman–Crippen LogP) is 2.11. The van der Waals surface area contributed by atoms with E-state index in [2.05, 4.69) is 20.3 Å². The van der Waals surface area contributed by atoms with E-state index >= 15 is 0 Å². The van der Waals surface area contributed by atoms with Crippen molar-refractivity contribution in [2.45, 2.75) is 19.9 Å². The first-order valence-electron chi connectivity index (χ1n) is 8.65. The minimum atomic E-state index is -3.37. The van der Waals surface area contributed by atoms with E-state index in [4.69, 9.17) is 4.42 Å². The van der Waals surface area contributed by atoms with Crippen molar-refractivity contribution in [1.29, 1.82) is 0 Å². The first-order chi connectivity index (χ1) is 12.6. The molecule has 0 fully saturated rings. The normalized spacial score (nSPS) is 11.7. The van der Waals surface area contributed by atoms with Crippen LogP contribution in [0.15, 0.2) is 58.1 Å². The van der Waals surface area contributed by atoms with Crippen LogP contribution in [-0.4, -0.2) is 39.8 Å². The van der Waals surface area contributed by atoms with Crippen molar-refractivity contribution in [1.82, 2.24) is 15.4 Å². The second kappa shape index (κ2) is 12.7. The van der Waals surface area contributed by atoms with Gasteiger partial charge in [-0.15, -0.1) is 24.0 Å². The van der Waals surface area contributed by atoms with Gasteiger partial charge in [0.2, 0.25) is 10.0 Å². The van der Waals surface area contributed by atoms with Crippen LogP contribution in [0.2, 0.25) is 0 Å². The fourth-order valence-corrected chi connectivity index (χ4v) is 3.10. The maximum Gasteiger partial charge on any atom is 0.213 e. The second-order valence-corrected chi connectivity index (χ2v) is 7.57. The van der Waals surface area contributed by atoms with Crippen LogP contribution in [0.25, 0.3) is 0 Å². The molecule has 0 unspecified atom stereocenters. The molecule has 0 saturated heterocycles. The van der Waals surface area contributed by atoms with Gasteiger partial charge in [0, 0.05) is 26.1 Å². The minimum Gasteiger partial charge on any atom is -0.469 e. The van der Waals surface area contributed by atoms with Gasteiger partial charge in [0.15, 0.2) is 5.96 Å². The van der Waals surface area contributed by atoms with E-state index in [1.54, 1.807) is 6.26 Å². The van der Waals surface area contributed by atoms with Crippen LogP contribution in [0.4, 0.5) is 0 Å². The van der Waals surface area contributed by atoms with Gasteiger partial charge in [-0.3, -0.25) is 4.99 Å². The molecule has 2 aromatic rings. The van der Waals surface area contributed by atoms with E-state index in [9.17, 15) is 8.42 Å². The Kier molecular flexibility index (Phi) is 11.1. The summed E-state index contributed by atoms with van der Waals surface area (Å²) < 4.78 is 32.0. The molecule has 0 bridgehead atoms. The van der Waals surface area contributed by atoms with Gasteiger partial charge in [-0.1, -0.05) is 30.3 Å². The highest BCUT2D eigenvalue weighted by Gasteiger charge is 2.09. The molecule has 0 aliphatic carbocycles. The standard InChI is InChI=1S/C18H26N4O3S.HI/c1-2-19-18(20-11-10-17-9-6-13-25-17)21-12-14-26(23,24)22-15-16-7-4-3-5-8-16;/h3-9,13,22H,2,10-12,14-15H2,1H3,(H2,19,20,21);1H. The Labute approximate surface area is 178 Å². The molecule has 0 aliphatic heterocycles. The third-order valence-electron chi connectivity index (χ3n) is 3.56. The van der Waals surface area contributed by atoms with E-state index in [-0.39, 0.29) is 42.8 Å². The topological polar surface area (TPSA) is 95.7 Å². The van der Waals surface area contributed by atoms with Gasteiger partial charge in [0.1, 0.15) is 5.76 Å². The highest BCUT2D eigenvalue weighted by atomic mass is 127. The van der Waals surface area contributed by atoms with E-state index in [0.717, 1.165) is 17.7 Å². The summed E-state index contributed by atoms with van der Waals surface area (Å²) in [6, 6.07) is 13.2. The number of furan rings is 1. The highest BCUT2D eigenvalue weighted by Crippen LogP contribution is 2.00. The molecule has 0 aliphatic rings. The minimum absolute atomic E-state index is 0. The third kappa shape index (κ3) is 9.78. The van der Waals surface area contributed by atoms with Crippen LogP contribution in [0, 0.1) is 0 Å². The summed E-state index contributed by atoms with van der Waals surface area (Å²) in [5, 5.41) is 6.27. The highest BCUT2D eigenvalue weighted by molar-refractivity contribution is 14.0. The van der Waals surface area contributed by atoms with E-state index in [1.165, 1.54) is 0 Å². The molecule has 2 rings (SSSR count). The van der Waals surface area contributed by atoms with Crippen LogP contribution in [0.3, 0.4) is 0 Å². The van der Waals surface area contributed by atoms with Crippen LogP contribution in [0.5, 0.6) is 0 Å². The molecule has 150 valence electrons. The zero-order valence-corrected chi connectivity index (χ0v) is 18.5. The number of hydrogen-bond acceptors (Lipinski definition) is 4. The van der Waals surface area contributed by atoms with Crippen molar-refractivity contribution in [2.24, 2.45) is 4.99 Å². The number of nitrogens with zero attached hydrogens (tertiary/aromatic N) is 1. The molecule has 0 amide bonds. The van der Waals surface area contributed by atoms with Gasteiger partial charge in [-0.05, 0) is 24.6 Å². The molecule has 1 heterocycles. The van der Waals surface area contributed by atoms with Crippen LogP contribution < -0.4 is 15.4 Å². The van der Waals surface area contributed by atoms with Gasteiger partial charge in [-0.25, -0.2) is 13.1 Å². The van der Waals surface area contributed by atoms with Crippen molar-refractivity contribution >= 4 is 40.0 Å². The summed E-state index contributed by atoms with van der Waals surface area (Å²) in [5.41, 5.74) is 0.924. The second-order valence-electron chi connectivity index (χ2n) is 5.64. The summed E-state index contributed by atoms with van der Waals surface area (Å²) in [5.74, 6) is 1.42. The van der Waals surface area contributed by atoms with Crippen molar-refractivity contribution < 1.29 is 12.8 Å². The Balaban J connectivity index is 0.00000364. The smallest absolute Gasteiger partial charge is 0.213 e. The van der Waals surface area contributed by atoms with Crippen LogP contribution in [-0.2, 0) is 23.0 Å². The van der Waals surface area contributed by atoms with Crippen molar-refractivity contribution in [3.8, 4) is 0 Å². The van der Waals surface area contributed by atoms with Crippen LogP contribution >= 0.6 is 24.0 Å². The molecule has 27 heavy (non-hydrogen) atoms. The number of nitrogens with one attached hydrogen (secondary N) is 3. The Morgan fingerprint density at radius 1 is 1.11 bits per heavy atom. The number of sulfonamides is 1. The molecule has 0 spiro atoms. The molecule has 3 N–H and O–H groups in total. The zero-order chi connectivity index (χ0) is 18.7. The maximum atomic E-state index is 12.1. The number of halogens is 1. The average molecular weight is 506 g/mol. The average Bonchev–Trinajstić information content (AvgIpc) is 3.14. The Bertz CT molecular complexity index is 765. The number of rotatable bonds is 10.